The minimum atomic E-state index is -4.35. The highest BCUT2D eigenvalue weighted by molar-refractivity contribution is 7.94. The molecule has 1 aliphatic carbocycles. The monoisotopic (exact) mass is 624 g/mol. The average molecular weight is 625 g/mol. The number of rotatable bonds is 9. The number of aromatic amines is 1. The van der Waals surface area contributed by atoms with Gasteiger partial charge in [0, 0.05) is 11.8 Å². The molecule has 1 amide bonds. The van der Waals surface area contributed by atoms with Crippen molar-refractivity contribution in [2.24, 2.45) is 5.92 Å². The summed E-state index contributed by atoms with van der Waals surface area (Å²) in [5.41, 5.74) is 2.06. The Morgan fingerprint density at radius 3 is 2.20 bits per heavy atom. The lowest BCUT2D eigenvalue weighted by Gasteiger charge is -2.45. The third-order valence-electron chi connectivity index (χ3n) is 8.96. The summed E-state index contributed by atoms with van der Waals surface area (Å²) in [5, 5.41) is 7.43. The predicted molar refractivity (Wildman–Crippen MR) is 160 cm³/mol. The molecule has 0 radical (unpaired) electrons. The fourth-order valence-corrected chi connectivity index (χ4v) is 9.36. The van der Waals surface area contributed by atoms with Crippen LogP contribution in [0.25, 0.3) is 0 Å². The van der Waals surface area contributed by atoms with Crippen LogP contribution in [0.4, 0.5) is 0 Å². The van der Waals surface area contributed by atoms with Gasteiger partial charge in [-0.25, -0.2) is 13.2 Å². The molecule has 3 aliphatic rings. The molecule has 228 valence electrons. The quantitative estimate of drug-likeness (QED) is 0.169. The molecule has 1 N–H and O–H groups in total. The van der Waals surface area contributed by atoms with E-state index in [-0.39, 0.29) is 24.3 Å². The first-order valence-electron chi connectivity index (χ1n) is 14.4. The van der Waals surface area contributed by atoms with E-state index in [1.807, 2.05) is 60.7 Å². The van der Waals surface area contributed by atoms with Crippen LogP contribution >= 0.6 is 0 Å². The maximum atomic E-state index is 14.5. The van der Waals surface area contributed by atoms with Crippen LogP contribution in [-0.4, -0.2) is 64.1 Å². The van der Waals surface area contributed by atoms with E-state index in [0.717, 1.165) is 16.0 Å². The zero-order chi connectivity index (χ0) is 31.3. The molecule has 3 aromatic carbocycles. The maximum Gasteiger partial charge on any atom is 0.355 e. The SMILES string of the molecule is COc1ccc(COC(=O)C2=C(Cc3cn[nH]n3)C(C3CC3(c3ccccc3)c3ccccc3)S(=O)(=O)[C@H]3C(=O)C(=O)N23)cc1. The number of methoxy groups -OCH3 is 1. The molecule has 2 fully saturated rings. The summed E-state index contributed by atoms with van der Waals surface area (Å²) in [6.45, 7) is -0.150. The highest BCUT2D eigenvalue weighted by atomic mass is 32.2. The van der Waals surface area contributed by atoms with E-state index in [4.69, 9.17) is 9.47 Å². The van der Waals surface area contributed by atoms with Gasteiger partial charge in [0.25, 0.3) is 11.7 Å². The summed E-state index contributed by atoms with van der Waals surface area (Å²) in [5.74, 6) is -2.96. The zero-order valence-corrected chi connectivity index (χ0v) is 24.9. The van der Waals surface area contributed by atoms with Crippen LogP contribution in [-0.2, 0) is 47.4 Å². The molecule has 2 unspecified atom stereocenters. The van der Waals surface area contributed by atoms with Gasteiger partial charge in [-0.2, -0.15) is 15.4 Å². The van der Waals surface area contributed by atoms with Crippen LogP contribution in [0.5, 0.6) is 5.75 Å². The maximum absolute atomic E-state index is 14.5. The molecule has 7 rings (SSSR count). The van der Waals surface area contributed by atoms with E-state index in [9.17, 15) is 22.8 Å². The van der Waals surface area contributed by atoms with Crippen molar-refractivity contribution in [3.05, 3.63) is 125 Å². The second-order valence-electron chi connectivity index (χ2n) is 11.4. The Hall–Kier alpha value is -5.10. The number of β-lactam (4-membered cyclic amide) rings is 1. The molecule has 12 heteroatoms. The van der Waals surface area contributed by atoms with E-state index in [2.05, 4.69) is 15.4 Å². The number of aromatic nitrogens is 3. The van der Waals surface area contributed by atoms with Gasteiger partial charge < -0.3 is 9.47 Å². The third kappa shape index (κ3) is 4.55. The number of ketones is 1. The second kappa shape index (κ2) is 10.8. The molecule has 4 aromatic rings. The smallest absolute Gasteiger partial charge is 0.355 e. The lowest BCUT2D eigenvalue weighted by molar-refractivity contribution is -0.158. The fourth-order valence-electron chi connectivity index (χ4n) is 6.81. The van der Waals surface area contributed by atoms with Gasteiger partial charge in [-0.05, 0) is 46.7 Å². The number of Topliss-reactive ketones (excluding diaryl/α,β-unsaturated/α-hetero) is 1. The summed E-state index contributed by atoms with van der Waals surface area (Å²) in [7, 11) is -2.81. The van der Waals surface area contributed by atoms with Gasteiger partial charge in [-0.3, -0.25) is 14.5 Å². The van der Waals surface area contributed by atoms with Gasteiger partial charge in [0.15, 0.2) is 9.84 Å². The lowest BCUT2D eigenvalue weighted by atomic mass is 9.83. The second-order valence-corrected chi connectivity index (χ2v) is 13.5. The Labute approximate surface area is 258 Å². The summed E-state index contributed by atoms with van der Waals surface area (Å²) in [6.07, 6.45) is 1.77. The van der Waals surface area contributed by atoms with Gasteiger partial charge in [0.05, 0.1) is 24.3 Å². The molecule has 3 heterocycles. The first-order valence-corrected chi connectivity index (χ1v) is 16.0. The topological polar surface area (TPSA) is 149 Å². The molecule has 0 spiro atoms. The number of amides is 1. The molecular weight excluding hydrogens is 596 g/mol. The summed E-state index contributed by atoms with van der Waals surface area (Å²) >= 11 is 0. The minimum absolute atomic E-state index is 0.103. The summed E-state index contributed by atoms with van der Waals surface area (Å²) in [6, 6.07) is 26.1. The third-order valence-corrected chi connectivity index (χ3v) is 11.3. The number of nitrogens with one attached hydrogen (secondary N) is 1. The van der Waals surface area contributed by atoms with E-state index in [1.165, 1.54) is 13.3 Å². The first-order chi connectivity index (χ1) is 21.8. The number of ether oxygens (including phenoxy) is 2. The van der Waals surface area contributed by atoms with E-state index >= 15 is 0 Å². The molecule has 2 aliphatic heterocycles. The summed E-state index contributed by atoms with van der Waals surface area (Å²) in [4.78, 5) is 40.6. The predicted octanol–water partition coefficient (Wildman–Crippen LogP) is 2.89. The van der Waals surface area contributed by atoms with Gasteiger partial charge in [-0.15, -0.1) is 0 Å². The van der Waals surface area contributed by atoms with Gasteiger partial charge in [-0.1, -0.05) is 72.8 Å². The molecule has 0 bridgehead atoms. The Balaban J connectivity index is 1.37. The van der Waals surface area contributed by atoms with Crippen molar-refractivity contribution in [1.29, 1.82) is 0 Å². The van der Waals surface area contributed by atoms with Crippen LogP contribution in [0.1, 0.15) is 28.8 Å². The largest absolute Gasteiger partial charge is 0.497 e. The van der Waals surface area contributed by atoms with Crippen molar-refractivity contribution in [1.82, 2.24) is 20.3 Å². The number of sulfone groups is 1. The molecule has 3 atom stereocenters. The molecule has 1 aromatic heterocycles. The Bertz CT molecular complexity index is 1890. The van der Waals surface area contributed by atoms with Crippen molar-refractivity contribution in [2.45, 2.75) is 35.5 Å². The molecule has 1 saturated heterocycles. The highest BCUT2D eigenvalue weighted by Gasteiger charge is 2.70. The van der Waals surface area contributed by atoms with Crippen molar-refractivity contribution < 1.29 is 32.3 Å². The lowest BCUT2D eigenvalue weighted by Crippen LogP contribution is -2.69. The van der Waals surface area contributed by atoms with Crippen molar-refractivity contribution in [3.63, 3.8) is 0 Å². The Morgan fingerprint density at radius 2 is 1.62 bits per heavy atom. The number of H-pyrrole nitrogens is 1. The number of carbonyl (C=O) groups excluding carboxylic acids is 3. The normalized spacial score (nSPS) is 22.8. The number of hydrogen-bond donors (Lipinski definition) is 1. The fraction of sp³-hybridized carbons (Fsp3) is 0.242. The molecule has 1 saturated carbocycles. The number of nitrogens with zero attached hydrogens (tertiary/aromatic N) is 3. The van der Waals surface area contributed by atoms with Crippen LogP contribution in [0, 0.1) is 5.92 Å². The van der Waals surface area contributed by atoms with Crippen LogP contribution < -0.4 is 4.74 Å². The zero-order valence-electron chi connectivity index (χ0n) is 24.1. The van der Waals surface area contributed by atoms with E-state index in [0.29, 0.717) is 23.4 Å². The van der Waals surface area contributed by atoms with Crippen LogP contribution in [0.15, 0.2) is 102 Å². The standard InChI is InChI=1S/C33H28N4O7S/c1-43-24-14-12-20(13-15-24)19-44-32(40)27-25(16-23-18-34-36-35-23)29(45(41,42)31-28(38)30(39)37(27)31)26-17-33(26,21-8-4-2-5-9-21)22-10-6-3-7-11-22/h2-15,18,26,29,31H,16-17,19H2,1H3,(H,34,35,36)/t26?,29?,31-/m0/s1. The first kappa shape index (κ1) is 28.7. The van der Waals surface area contributed by atoms with E-state index in [1.54, 1.807) is 24.3 Å². The number of hydrogen-bond acceptors (Lipinski definition) is 9. The summed E-state index contributed by atoms with van der Waals surface area (Å²) < 4.78 is 39.8. The number of fused-ring (bicyclic) bond motifs is 1. The molecule has 45 heavy (non-hydrogen) atoms. The van der Waals surface area contributed by atoms with Crippen LogP contribution in [0.2, 0.25) is 0 Å². The Kier molecular flexibility index (Phi) is 6.88. The van der Waals surface area contributed by atoms with Gasteiger partial charge in [0.1, 0.15) is 18.1 Å². The number of benzene rings is 3. The number of carbonyl (C=O) groups is 3. The minimum Gasteiger partial charge on any atom is -0.497 e. The van der Waals surface area contributed by atoms with Gasteiger partial charge >= 0.3 is 5.97 Å². The van der Waals surface area contributed by atoms with Crippen molar-refractivity contribution in [2.75, 3.05) is 7.11 Å². The Morgan fingerprint density at radius 1 is 0.978 bits per heavy atom. The number of esters is 1. The average Bonchev–Trinajstić information content (AvgIpc) is 3.58. The van der Waals surface area contributed by atoms with Crippen LogP contribution in [0.3, 0.4) is 0 Å². The molecular formula is C33H28N4O7S. The van der Waals surface area contributed by atoms with E-state index < -0.39 is 49.5 Å². The van der Waals surface area contributed by atoms with Crippen molar-refractivity contribution in [3.8, 4) is 5.75 Å². The van der Waals surface area contributed by atoms with Gasteiger partial charge in [0.2, 0.25) is 5.37 Å². The highest BCUT2D eigenvalue weighted by Crippen LogP contribution is 2.64. The molecule has 11 nitrogen and oxygen atoms in total. The van der Waals surface area contributed by atoms with Crippen molar-refractivity contribution >= 4 is 27.5 Å².